The molecule has 0 bridgehead atoms. The molecule has 1 amide bonds. The largest absolute Gasteiger partial charge is 0.339 e. The molecule has 0 N–H and O–H groups in total. The van der Waals surface area contributed by atoms with E-state index >= 15 is 0 Å². The molecular formula is C22H35NO. The maximum atomic E-state index is 13.5. The number of rotatable bonds is 7. The molecule has 24 heavy (non-hydrogen) atoms. The standard InChI is InChI=1S/C22H35NO/c1-6-11-18(7-2)20-14-17(5)15-23(20)22(24)21(16(3)4)19-12-9-8-10-13-19/h8-10,12-13,16-18,20-21H,6-7,11,14-15H2,1-5H3/t17?,18?,20-,21?/m0/s1. The normalized spacial score (nSPS) is 23.5. The maximum Gasteiger partial charge on any atom is 0.230 e. The van der Waals surface area contributed by atoms with Gasteiger partial charge in [-0.15, -0.1) is 0 Å². The molecule has 134 valence electrons. The van der Waals surface area contributed by atoms with Gasteiger partial charge >= 0.3 is 0 Å². The SMILES string of the molecule is CCCC(CC)[C@@H]1CC(C)CN1C(=O)C(c1ccccc1)C(C)C. The molecule has 1 aliphatic rings. The van der Waals surface area contributed by atoms with Crippen molar-refractivity contribution < 1.29 is 4.79 Å². The van der Waals surface area contributed by atoms with Crippen molar-refractivity contribution in [3.63, 3.8) is 0 Å². The molecule has 1 heterocycles. The van der Waals surface area contributed by atoms with Gasteiger partial charge in [0.05, 0.1) is 5.92 Å². The second-order valence-corrected chi connectivity index (χ2v) is 7.99. The van der Waals surface area contributed by atoms with Gasteiger partial charge in [-0.2, -0.15) is 0 Å². The van der Waals surface area contributed by atoms with E-state index < -0.39 is 0 Å². The highest BCUT2D eigenvalue weighted by Gasteiger charge is 2.40. The summed E-state index contributed by atoms with van der Waals surface area (Å²) >= 11 is 0. The van der Waals surface area contributed by atoms with E-state index in [1.165, 1.54) is 31.2 Å². The molecule has 1 aromatic rings. The van der Waals surface area contributed by atoms with Crippen molar-refractivity contribution in [2.45, 2.75) is 72.3 Å². The Kier molecular flexibility index (Phi) is 6.89. The summed E-state index contributed by atoms with van der Waals surface area (Å²) in [5.74, 6) is 1.92. The van der Waals surface area contributed by atoms with Crippen LogP contribution in [0.1, 0.15) is 71.8 Å². The van der Waals surface area contributed by atoms with E-state index in [-0.39, 0.29) is 5.92 Å². The molecule has 2 nitrogen and oxygen atoms in total. The molecule has 3 unspecified atom stereocenters. The minimum absolute atomic E-state index is 0.0156. The first-order valence-corrected chi connectivity index (χ1v) is 9.84. The first-order valence-electron chi connectivity index (χ1n) is 9.84. The molecule has 1 aromatic carbocycles. The average molecular weight is 330 g/mol. The van der Waals surface area contributed by atoms with Crippen LogP contribution in [0.25, 0.3) is 0 Å². The fraction of sp³-hybridized carbons (Fsp3) is 0.682. The summed E-state index contributed by atoms with van der Waals surface area (Å²) in [5.41, 5.74) is 1.17. The Hall–Kier alpha value is -1.31. The zero-order valence-corrected chi connectivity index (χ0v) is 16.2. The average Bonchev–Trinajstić information content (AvgIpc) is 2.95. The van der Waals surface area contributed by atoms with Crippen LogP contribution in [0.15, 0.2) is 30.3 Å². The number of carbonyl (C=O) groups is 1. The summed E-state index contributed by atoms with van der Waals surface area (Å²) in [7, 11) is 0. The quantitative estimate of drug-likeness (QED) is 0.648. The van der Waals surface area contributed by atoms with Crippen molar-refractivity contribution >= 4 is 5.91 Å². The monoisotopic (exact) mass is 329 g/mol. The van der Waals surface area contributed by atoms with Crippen LogP contribution in [0.3, 0.4) is 0 Å². The van der Waals surface area contributed by atoms with Crippen molar-refractivity contribution in [1.29, 1.82) is 0 Å². The smallest absolute Gasteiger partial charge is 0.230 e. The van der Waals surface area contributed by atoms with Gasteiger partial charge in [0.15, 0.2) is 0 Å². The topological polar surface area (TPSA) is 20.3 Å². The molecule has 0 aromatic heterocycles. The third-order valence-corrected chi connectivity index (χ3v) is 5.66. The van der Waals surface area contributed by atoms with Gasteiger partial charge in [0, 0.05) is 12.6 Å². The van der Waals surface area contributed by atoms with Crippen molar-refractivity contribution in [3.8, 4) is 0 Å². The highest BCUT2D eigenvalue weighted by molar-refractivity contribution is 5.84. The lowest BCUT2D eigenvalue weighted by Crippen LogP contribution is -2.43. The molecule has 0 saturated carbocycles. The highest BCUT2D eigenvalue weighted by atomic mass is 16.2. The van der Waals surface area contributed by atoms with Crippen LogP contribution in [0.4, 0.5) is 0 Å². The van der Waals surface area contributed by atoms with Crippen LogP contribution in [0.5, 0.6) is 0 Å². The molecule has 1 fully saturated rings. The number of benzene rings is 1. The minimum atomic E-state index is -0.0156. The number of hydrogen-bond donors (Lipinski definition) is 0. The van der Waals surface area contributed by atoms with Crippen LogP contribution >= 0.6 is 0 Å². The van der Waals surface area contributed by atoms with Crippen molar-refractivity contribution in [2.24, 2.45) is 17.8 Å². The van der Waals surface area contributed by atoms with Gasteiger partial charge in [0.2, 0.25) is 5.91 Å². The van der Waals surface area contributed by atoms with Crippen LogP contribution in [-0.4, -0.2) is 23.4 Å². The Labute approximate surface area is 148 Å². The fourth-order valence-electron chi connectivity index (χ4n) is 4.48. The molecule has 2 heteroatoms. The van der Waals surface area contributed by atoms with Crippen LogP contribution in [0, 0.1) is 17.8 Å². The summed E-state index contributed by atoms with van der Waals surface area (Å²) in [6.07, 6.45) is 4.78. The van der Waals surface area contributed by atoms with E-state index in [0.29, 0.717) is 29.7 Å². The fourth-order valence-corrected chi connectivity index (χ4v) is 4.48. The van der Waals surface area contributed by atoms with Gasteiger partial charge in [-0.25, -0.2) is 0 Å². The van der Waals surface area contributed by atoms with E-state index in [1.807, 2.05) is 18.2 Å². The van der Waals surface area contributed by atoms with Gasteiger partial charge in [-0.3, -0.25) is 4.79 Å². The van der Waals surface area contributed by atoms with Gasteiger partial charge in [-0.1, -0.05) is 77.8 Å². The van der Waals surface area contributed by atoms with Crippen molar-refractivity contribution in [2.75, 3.05) is 6.54 Å². The van der Waals surface area contributed by atoms with Crippen molar-refractivity contribution in [1.82, 2.24) is 4.90 Å². The highest BCUT2D eigenvalue weighted by Crippen LogP contribution is 2.36. The summed E-state index contributed by atoms with van der Waals surface area (Å²) in [5, 5.41) is 0. The maximum absolute atomic E-state index is 13.5. The zero-order valence-electron chi connectivity index (χ0n) is 16.2. The first kappa shape index (κ1) is 19.0. The van der Waals surface area contributed by atoms with Gasteiger partial charge in [-0.05, 0) is 36.2 Å². The predicted octanol–water partition coefficient (Wildman–Crippen LogP) is 5.49. The number of hydrogen-bond acceptors (Lipinski definition) is 1. The summed E-state index contributed by atoms with van der Waals surface area (Å²) < 4.78 is 0. The van der Waals surface area contributed by atoms with E-state index in [9.17, 15) is 4.79 Å². The first-order chi connectivity index (χ1) is 11.5. The zero-order chi connectivity index (χ0) is 17.7. The second-order valence-electron chi connectivity index (χ2n) is 7.99. The summed E-state index contributed by atoms with van der Waals surface area (Å²) in [4.78, 5) is 15.7. The Bertz CT molecular complexity index is 510. The molecule has 0 aliphatic carbocycles. The lowest BCUT2D eigenvalue weighted by atomic mass is 9.85. The lowest BCUT2D eigenvalue weighted by Gasteiger charge is -2.35. The lowest BCUT2D eigenvalue weighted by molar-refractivity contribution is -0.135. The van der Waals surface area contributed by atoms with Crippen molar-refractivity contribution in [3.05, 3.63) is 35.9 Å². The number of carbonyl (C=O) groups excluding carboxylic acids is 1. The molecular weight excluding hydrogens is 294 g/mol. The third-order valence-electron chi connectivity index (χ3n) is 5.66. The Morgan fingerprint density at radius 1 is 1.21 bits per heavy atom. The van der Waals surface area contributed by atoms with E-state index in [1.54, 1.807) is 0 Å². The second kappa shape index (κ2) is 8.69. The van der Waals surface area contributed by atoms with E-state index in [2.05, 4.69) is 51.7 Å². The van der Waals surface area contributed by atoms with Crippen LogP contribution in [0.2, 0.25) is 0 Å². The third kappa shape index (κ3) is 4.20. The predicted molar refractivity (Wildman–Crippen MR) is 102 cm³/mol. The molecule has 0 radical (unpaired) electrons. The van der Waals surface area contributed by atoms with Gasteiger partial charge < -0.3 is 4.90 Å². The summed E-state index contributed by atoms with van der Waals surface area (Å²) in [6.45, 7) is 12.1. The van der Waals surface area contributed by atoms with Gasteiger partial charge in [0.25, 0.3) is 0 Å². The van der Waals surface area contributed by atoms with E-state index in [0.717, 1.165) is 6.54 Å². The van der Waals surface area contributed by atoms with E-state index in [4.69, 9.17) is 0 Å². The number of amides is 1. The van der Waals surface area contributed by atoms with Gasteiger partial charge in [0.1, 0.15) is 0 Å². The molecule has 1 saturated heterocycles. The molecule has 2 rings (SSSR count). The van der Waals surface area contributed by atoms with Crippen LogP contribution < -0.4 is 0 Å². The number of nitrogens with zero attached hydrogens (tertiary/aromatic N) is 1. The minimum Gasteiger partial charge on any atom is -0.339 e. The molecule has 4 atom stereocenters. The van der Waals surface area contributed by atoms with Crippen LogP contribution in [-0.2, 0) is 4.79 Å². The Morgan fingerprint density at radius 3 is 2.42 bits per heavy atom. The Morgan fingerprint density at radius 2 is 1.88 bits per heavy atom. The molecule has 0 spiro atoms. The summed E-state index contributed by atoms with van der Waals surface area (Å²) in [6, 6.07) is 10.8. The molecule has 1 aliphatic heterocycles. The number of likely N-dealkylation sites (tertiary alicyclic amines) is 1. The Balaban J connectivity index is 2.26.